The predicted octanol–water partition coefficient (Wildman–Crippen LogP) is 2.71. The smallest absolute Gasteiger partial charge is 0.272 e. The van der Waals surface area contributed by atoms with E-state index in [0.717, 1.165) is 12.1 Å². The van der Waals surface area contributed by atoms with Crippen LogP contribution >= 0.6 is 0 Å². The van der Waals surface area contributed by atoms with Gasteiger partial charge in [0.15, 0.2) is 17.5 Å². The van der Waals surface area contributed by atoms with Crippen molar-refractivity contribution in [2.75, 3.05) is 31.6 Å². The lowest BCUT2D eigenvalue weighted by Crippen LogP contribution is -2.41. The second kappa shape index (κ2) is 6.88. The van der Waals surface area contributed by atoms with Crippen molar-refractivity contribution in [1.29, 1.82) is 0 Å². The molecule has 1 fully saturated rings. The van der Waals surface area contributed by atoms with Gasteiger partial charge >= 0.3 is 0 Å². The van der Waals surface area contributed by atoms with Gasteiger partial charge in [-0.05, 0) is 24.3 Å². The molecule has 1 aromatic carbocycles. The number of carbonyl (C=O) groups is 1. The van der Waals surface area contributed by atoms with E-state index in [1.54, 1.807) is 4.90 Å². The fourth-order valence-corrected chi connectivity index (χ4v) is 2.33. The molecule has 0 unspecified atom stereocenters. The SMILES string of the molecule is O=C(c1cc(Nc2ccc(F)c(F)c2F)ccn1)N1CCOCC1. The predicted molar refractivity (Wildman–Crippen MR) is 80.6 cm³/mol. The monoisotopic (exact) mass is 337 g/mol. The Balaban J connectivity index is 1.80. The molecular formula is C16H14F3N3O2. The Hall–Kier alpha value is -2.61. The number of anilines is 2. The van der Waals surface area contributed by atoms with Crippen LogP contribution in [0.2, 0.25) is 0 Å². The second-order valence-electron chi connectivity index (χ2n) is 5.18. The fourth-order valence-electron chi connectivity index (χ4n) is 2.33. The summed E-state index contributed by atoms with van der Waals surface area (Å²) >= 11 is 0. The van der Waals surface area contributed by atoms with Crippen LogP contribution in [0.1, 0.15) is 10.5 Å². The molecule has 0 aliphatic carbocycles. The Kier molecular flexibility index (Phi) is 4.66. The third-order valence-electron chi connectivity index (χ3n) is 3.59. The zero-order valence-electron chi connectivity index (χ0n) is 12.6. The summed E-state index contributed by atoms with van der Waals surface area (Å²) in [7, 11) is 0. The first-order valence-corrected chi connectivity index (χ1v) is 7.30. The van der Waals surface area contributed by atoms with Crippen LogP contribution in [0, 0.1) is 17.5 Å². The second-order valence-corrected chi connectivity index (χ2v) is 5.18. The first-order chi connectivity index (χ1) is 11.6. The Morgan fingerprint density at radius 1 is 1.12 bits per heavy atom. The van der Waals surface area contributed by atoms with Gasteiger partial charge in [0.05, 0.1) is 18.9 Å². The van der Waals surface area contributed by atoms with Crippen LogP contribution in [0.4, 0.5) is 24.5 Å². The minimum Gasteiger partial charge on any atom is -0.378 e. The number of rotatable bonds is 3. The average Bonchev–Trinajstić information content (AvgIpc) is 2.62. The molecule has 2 aromatic rings. The molecule has 0 bridgehead atoms. The fraction of sp³-hybridized carbons (Fsp3) is 0.250. The van der Waals surface area contributed by atoms with Gasteiger partial charge in [0, 0.05) is 25.0 Å². The standard InChI is InChI=1S/C16H14F3N3O2/c17-11-1-2-12(15(19)14(11)18)21-10-3-4-20-13(9-10)16(23)22-5-7-24-8-6-22/h1-4,9H,5-8H2,(H,20,21). The number of hydrogen-bond acceptors (Lipinski definition) is 4. The number of pyridine rings is 1. The van der Waals surface area contributed by atoms with E-state index >= 15 is 0 Å². The highest BCUT2D eigenvalue weighted by molar-refractivity contribution is 5.93. The molecule has 2 heterocycles. The summed E-state index contributed by atoms with van der Waals surface area (Å²) in [5.74, 6) is -4.42. The van der Waals surface area contributed by atoms with Crippen molar-refractivity contribution in [3.63, 3.8) is 0 Å². The minimum atomic E-state index is -1.56. The molecule has 0 atom stereocenters. The third kappa shape index (κ3) is 3.33. The molecule has 5 nitrogen and oxygen atoms in total. The van der Waals surface area contributed by atoms with Crippen molar-refractivity contribution in [3.05, 3.63) is 53.6 Å². The number of aromatic nitrogens is 1. The van der Waals surface area contributed by atoms with Crippen LogP contribution in [0.5, 0.6) is 0 Å². The van der Waals surface area contributed by atoms with Crippen LogP contribution in [-0.2, 0) is 4.74 Å². The Labute approximate surface area is 136 Å². The van der Waals surface area contributed by atoms with Gasteiger partial charge in [-0.3, -0.25) is 9.78 Å². The van der Waals surface area contributed by atoms with Crippen LogP contribution < -0.4 is 5.32 Å². The molecule has 8 heteroatoms. The number of morpholine rings is 1. The van der Waals surface area contributed by atoms with Crippen LogP contribution in [0.15, 0.2) is 30.5 Å². The molecule has 1 N–H and O–H groups in total. The van der Waals surface area contributed by atoms with Gasteiger partial charge in [0.1, 0.15) is 5.69 Å². The largest absolute Gasteiger partial charge is 0.378 e. The van der Waals surface area contributed by atoms with Crippen LogP contribution in [0.3, 0.4) is 0 Å². The van der Waals surface area contributed by atoms with E-state index in [0.29, 0.717) is 32.0 Å². The molecule has 1 aliphatic rings. The molecular weight excluding hydrogens is 323 g/mol. The van der Waals surface area contributed by atoms with Crippen molar-refractivity contribution in [3.8, 4) is 0 Å². The highest BCUT2D eigenvalue weighted by atomic mass is 19.2. The molecule has 1 aromatic heterocycles. The third-order valence-corrected chi connectivity index (χ3v) is 3.59. The number of halogens is 3. The highest BCUT2D eigenvalue weighted by Gasteiger charge is 2.20. The number of nitrogens with zero attached hydrogens (tertiary/aromatic N) is 2. The number of ether oxygens (including phenoxy) is 1. The summed E-state index contributed by atoms with van der Waals surface area (Å²) in [5.41, 5.74) is 0.279. The quantitative estimate of drug-likeness (QED) is 0.875. The normalized spacial score (nSPS) is 14.5. The molecule has 0 saturated carbocycles. The zero-order chi connectivity index (χ0) is 17.1. The lowest BCUT2D eigenvalue weighted by atomic mass is 10.2. The lowest BCUT2D eigenvalue weighted by molar-refractivity contribution is 0.0299. The Morgan fingerprint density at radius 3 is 2.62 bits per heavy atom. The molecule has 1 amide bonds. The molecule has 3 rings (SSSR count). The van der Waals surface area contributed by atoms with Gasteiger partial charge in [-0.25, -0.2) is 13.2 Å². The molecule has 1 aliphatic heterocycles. The van der Waals surface area contributed by atoms with Gasteiger partial charge in [-0.15, -0.1) is 0 Å². The lowest BCUT2D eigenvalue weighted by Gasteiger charge is -2.26. The number of hydrogen-bond donors (Lipinski definition) is 1. The van der Waals surface area contributed by atoms with E-state index in [2.05, 4.69) is 10.3 Å². The maximum atomic E-state index is 13.7. The summed E-state index contributed by atoms with van der Waals surface area (Å²) in [5, 5.41) is 2.62. The molecule has 24 heavy (non-hydrogen) atoms. The number of benzene rings is 1. The Morgan fingerprint density at radius 2 is 1.88 bits per heavy atom. The summed E-state index contributed by atoms with van der Waals surface area (Å²) < 4.78 is 45.1. The summed E-state index contributed by atoms with van der Waals surface area (Å²) in [6, 6.07) is 4.83. The van der Waals surface area contributed by atoms with Crippen LogP contribution in [-0.4, -0.2) is 42.1 Å². The number of amides is 1. The average molecular weight is 337 g/mol. The van der Waals surface area contributed by atoms with E-state index in [1.807, 2.05) is 0 Å². The van der Waals surface area contributed by atoms with Crippen molar-refractivity contribution in [2.24, 2.45) is 0 Å². The van der Waals surface area contributed by atoms with Crippen molar-refractivity contribution in [2.45, 2.75) is 0 Å². The van der Waals surface area contributed by atoms with Gasteiger partial charge in [0.2, 0.25) is 0 Å². The Bertz CT molecular complexity index is 764. The molecule has 0 radical (unpaired) electrons. The van der Waals surface area contributed by atoms with Crippen LogP contribution in [0.25, 0.3) is 0 Å². The van der Waals surface area contributed by atoms with E-state index in [9.17, 15) is 18.0 Å². The zero-order valence-corrected chi connectivity index (χ0v) is 12.6. The van der Waals surface area contributed by atoms with E-state index in [1.165, 1.54) is 18.3 Å². The van der Waals surface area contributed by atoms with Gasteiger partial charge in [-0.2, -0.15) is 0 Å². The summed E-state index contributed by atoms with van der Waals surface area (Å²) in [4.78, 5) is 18.0. The number of nitrogens with one attached hydrogen (secondary N) is 1. The van der Waals surface area contributed by atoms with Gasteiger partial charge in [-0.1, -0.05) is 0 Å². The van der Waals surface area contributed by atoms with Crippen molar-refractivity contribution in [1.82, 2.24) is 9.88 Å². The molecule has 126 valence electrons. The van der Waals surface area contributed by atoms with E-state index in [-0.39, 0.29) is 17.3 Å². The number of carbonyl (C=O) groups excluding carboxylic acids is 1. The maximum Gasteiger partial charge on any atom is 0.272 e. The first-order valence-electron chi connectivity index (χ1n) is 7.30. The summed E-state index contributed by atoms with van der Waals surface area (Å²) in [6.07, 6.45) is 1.38. The molecule has 1 saturated heterocycles. The van der Waals surface area contributed by atoms with Crippen molar-refractivity contribution < 1.29 is 22.7 Å². The highest BCUT2D eigenvalue weighted by Crippen LogP contribution is 2.24. The summed E-state index contributed by atoms with van der Waals surface area (Å²) in [6.45, 7) is 1.86. The van der Waals surface area contributed by atoms with Gasteiger partial charge < -0.3 is 15.0 Å². The van der Waals surface area contributed by atoms with Crippen molar-refractivity contribution >= 4 is 17.3 Å². The topological polar surface area (TPSA) is 54.5 Å². The first kappa shape index (κ1) is 16.3. The molecule has 0 spiro atoms. The van der Waals surface area contributed by atoms with Gasteiger partial charge in [0.25, 0.3) is 5.91 Å². The van der Waals surface area contributed by atoms with E-state index in [4.69, 9.17) is 4.74 Å². The maximum absolute atomic E-state index is 13.7. The van der Waals surface area contributed by atoms with E-state index < -0.39 is 17.5 Å². The minimum absolute atomic E-state index is 0.171.